The normalized spacial score (nSPS) is 16.4. The van der Waals surface area contributed by atoms with Gasteiger partial charge >= 0.3 is 0 Å². The minimum Gasteiger partial charge on any atom is -0.492 e. The van der Waals surface area contributed by atoms with Crippen LogP contribution in [0.1, 0.15) is 0 Å². The van der Waals surface area contributed by atoms with Crippen molar-refractivity contribution in [3.05, 3.63) is 78.9 Å². The van der Waals surface area contributed by atoms with Crippen LogP contribution in [0.25, 0.3) is 11.1 Å². The van der Waals surface area contributed by atoms with Gasteiger partial charge < -0.3 is 25.6 Å². The Kier molecular flexibility index (Phi) is 10.8. The van der Waals surface area contributed by atoms with Gasteiger partial charge in [0.1, 0.15) is 12.4 Å². The molecule has 0 aromatic heterocycles. The van der Waals surface area contributed by atoms with Crippen LogP contribution in [0.5, 0.6) is 5.75 Å². The fourth-order valence-electron chi connectivity index (χ4n) is 4.73. The largest absolute Gasteiger partial charge is 0.492 e. The average molecular weight is 644 g/mol. The number of sulfonamides is 1. The number of hydrogen-bond acceptors (Lipinski definition) is 9. The van der Waals surface area contributed by atoms with Gasteiger partial charge in [-0.1, -0.05) is 42.5 Å². The van der Waals surface area contributed by atoms with E-state index in [1.807, 2.05) is 54.6 Å². The van der Waals surface area contributed by atoms with E-state index in [0.717, 1.165) is 17.4 Å². The monoisotopic (exact) mass is 643 g/mol. The number of anilines is 2. The highest BCUT2D eigenvalue weighted by atomic mass is 32.2. The number of benzene rings is 3. The van der Waals surface area contributed by atoms with Crippen LogP contribution < -0.4 is 25.4 Å². The molecule has 1 unspecified atom stereocenters. The van der Waals surface area contributed by atoms with Gasteiger partial charge in [0.2, 0.25) is 21.8 Å². The van der Waals surface area contributed by atoms with E-state index in [9.17, 15) is 26.4 Å². The lowest BCUT2D eigenvalue weighted by Crippen LogP contribution is -2.48. The number of sulfone groups is 1. The highest BCUT2D eigenvalue weighted by Gasteiger charge is 2.28. The fraction of sp³-hybridized carbons (Fsp3) is 0.333. The van der Waals surface area contributed by atoms with Crippen molar-refractivity contribution in [2.45, 2.75) is 6.04 Å². The van der Waals surface area contributed by atoms with Crippen molar-refractivity contribution < 1.29 is 31.2 Å². The number of ether oxygens (including phenoxy) is 1. The molecule has 1 atom stereocenters. The Balaban J connectivity index is 1.38. The molecule has 2 amide bonds. The summed E-state index contributed by atoms with van der Waals surface area (Å²) in [5, 5.41) is 2.79. The quantitative estimate of drug-likeness (QED) is 0.247. The summed E-state index contributed by atoms with van der Waals surface area (Å²) < 4.78 is 55.0. The van der Waals surface area contributed by atoms with Gasteiger partial charge in [-0.05, 0) is 47.5 Å². The van der Waals surface area contributed by atoms with Gasteiger partial charge in [-0.3, -0.25) is 14.3 Å². The summed E-state index contributed by atoms with van der Waals surface area (Å²) in [4.78, 5) is 29.4. The third kappa shape index (κ3) is 10.2. The Bertz CT molecular complexity index is 1630. The topological polar surface area (TPSA) is 168 Å². The molecule has 0 bridgehead atoms. The number of nitrogens with two attached hydrogens (primary N) is 1. The van der Waals surface area contributed by atoms with Gasteiger partial charge in [0.25, 0.3) is 0 Å². The molecule has 3 aromatic rings. The predicted octanol–water partition coefficient (Wildman–Crippen LogP) is 1.31. The molecule has 0 aliphatic carbocycles. The van der Waals surface area contributed by atoms with Gasteiger partial charge in [-0.25, -0.2) is 16.8 Å². The first-order valence-electron chi connectivity index (χ1n) is 14.0. The molecule has 1 aliphatic rings. The first kappa shape index (κ1) is 32.8. The van der Waals surface area contributed by atoms with Crippen LogP contribution in [0, 0.1) is 0 Å². The van der Waals surface area contributed by atoms with Crippen LogP contribution in [0.15, 0.2) is 78.9 Å². The van der Waals surface area contributed by atoms with E-state index >= 15 is 0 Å². The summed E-state index contributed by atoms with van der Waals surface area (Å²) >= 11 is 0. The zero-order valence-electron chi connectivity index (χ0n) is 24.4. The first-order chi connectivity index (χ1) is 20.9. The van der Waals surface area contributed by atoms with Crippen LogP contribution in [0.4, 0.5) is 11.4 Å². The second-order valence-corrected chi connectivity index (χ2v) is 14.6. The Morgan fingerprint density at radius 1 is 0.977 bits per heavy atom. The Morgan fingerprint density at radius 2 is 1.64 bits per heavy atom. The van der Waals surface area contributed by atoms with Gasteiger partial charge in [0.15, 0.2) is 9.84 Å². The molecule has 1 heterocycles. The molecule has 0 radical (unpaired) electrons. The third-order valence-electron chi connectivity index (χ3n) is 6.80. The van der Waals surface area contributed by atoms with E-state index in [1.165, 1.54) is 4.90 Å². The maximum absolute atomic E-state index is 13.3. The number of hydrogen-bond donors (Lipinski definition) is 3. The lowest BCUT2D eigenvalue weighted by molar-refractivity contribution is -0.129. The molecule has 1 fully saturated rings. The number of nitrogens with one attached hydrogen (secondary N) is 2. The molecule has 44 heavy (non-hydrogen) atoms. The molecule has 0 saturated carbocycles. The predicted molar refractivity (Wildman–Crippen MR) is 171 cm³/mol. The van der Waals surface area contributed by atoms with Gasteiger partial charge in [0, 0.05) is 30.5 Å². The SMILES string of the molecule is CS(=O)(=O)Nc1ccc(OCCNC(=O)CN(CC(=O)N2CCS(=O)(=O)CC(N)C2)c2ccc(-c3ccccc3)cc2)cc1. The smallest absolute Gasteiger partial charge is 0.242 e. The van der Waals surface area contributed by atoms with E-state index < -0.39 is 25.9 Å². The molecule has 1 aliphatic heterocycles. The average Bonchev–Trinajstić information content (AvgIpc) is 3.11. The zero-order chi connectivity index (χ0) is 31.7. The van der Waals surface area contributed by atoms with Crippen molar-refractivity contribution in [2.24, 2.45) is 5.73 Å². The van der Waals surface area contributed by atoms with E-state index in [0.29, 0.717) is 17.1 Å². The summed E-state index contributed by atoms with van der Waals surface area (Å²) in [7, 11) is -6.73. The molecule has 4 rings (SSSR count). The van der Waals surface area contributed by atoms with E-state index in [-0.39, 0.29) is 62.7 Å². The van der Waals surface area contributed by atoms with Crippen LogP contribution in [-0.2, 0) is 29.4 Å². The third-order valence-corrected chi connectivity index (χ3v) is 9.15. The first-order valence-corrected chi connectivity index (χ1v) is 17.7. The molecule has 236 valence electrons. The Hall–Kier alpha value is -4.14. The van der Waals surface area contributed by atoms with E-state index in [4.69, 9.17) is 10.5 Å². The Morgan fingerprint density at radius 3 is 2.30 bits per heavy atom. The number of nitrogens with zero attached hydrogens (tertiary/aromatic N) is 2. The lowest BCUT2D eigenvalue weighted by atomic mass is 10.1. The number of rotatable bonds is 12. The lowest BCUT2D eigenvalue weighted by Gasteiger charge is -2.28. The van der Waals surface area contributed by atoms with Crippen LogP contribution >= 0.6 is 0 Å². The summed E-state index contributed by atoms with van der Waals surface area (Å²) in [6.07, 6.45) is 1.06. The summed E-state index contributed by atoms with van der Waals surface area (Å²) in [5.74, 6) is -0.490. The summed E-state index contributed by atoms with van der Waals surface area (Å²) in [5.41, 5.74) is 9.05. The standard InChI is InChI=1S/C30H37N5O7S2/c1-43(38,39)33-26-9-13-28(14-10-26)42-17-15-32-29(36)20-35(21-30(37)34-16-18-44(40,41)22-25(31)19-34)27-11-7-24(8-12-27)23-5-3-2-4-6-23/h2-14,25,33H,15-22,31H2,1H3,(H,32,36). The molecular weight excluding hydrogens is 606 g/mol. The molecular formula is C30H37N5O7S2. The van der Waals surface area contributed by atoms with Crippen molar-refractivity contribution in [1.29, 1.82) is 0 Å². The number of carbonyl (C=O) groups is 2. The molecule has 4 N–H and O–H groups in total. The minimum absolute atomic E-state index is 0.0461. The zero-order valence-corrected chi connectivity index (χ0v) is 26.0. The van der Waals surface area contributed by atoms with Crippen molar-refractivity contribution in [3.8, 4) is 16.9 Å². The highest BCUT2D eigenvalue weighted by molar-refractivity contribution is 7.92. The molecule has 14 heteroatoms. The van der Waals surface area contributed by atoms with Gasteiger partial charge in [-0.15, -0.1) is 0 Å². The molecule has 0 spiro atoms. The van der Waals surface area contributed by atoms with Crippen LogP contribution in [-0.4, -0.2) is 96.7 Å². The summed E-state index contributed by atoms with van der Waals surface area (Å²) in [6, 6.07) is 23.0. The fourth-order valence-corrected chi connectivity index (χ4v) is 6.72. The van der Waals surface area contributed by atoms with Crippen molar-refractivity contribution in [1.82, 2.24) is 10.2 Å². The highest BCUT2D eigenvalue weighted by Crippen LogP contribution is 2.23. The number of amides is 2. The van der Waals surface area contributed by atoms with Crippen molar-refractivity contribution in [2.75, 3.05) is 66.7 Å². The van der Waals surface area contributed by atoms with E-state index in [2.05, 4.69) is 10.0 Å². The van der Waals surface area contributed by atoms with Crippen molar-refractivity contribution in [3.63, 3.8) is 0 Å². The second-order valence-electron chi connectivity index (χ2n) is 10.6. The van der Waals surface area contributed by atoms with Gasteiger partial charge in [-0.2, -0.15) is 0 Å². The molecule has 1 saturated heterocycles. The van der Waals surface area contributed by atoms with Crippen molar-refractivity contribution >= 4 is 43.0 Å². The maximum atomic E-state index is 13.3. The Labute approximate surface area is 258 Å². The maximum Gasteiger partial charge on any atom is 0.242 e. The second kappa shape index (κ2) is 14.6. The summed E-state index contributed by atoms with van der Waals surface area (Å²) in [6.45, 7) is 0.249. The number of carbonyl (C=O) groups excluding carboxylic acids is 2. The minimum atomic E-state index is -3.38. The van der Waals surface area contributed by atoms with E-state index in [1.54, 1.807) is 29.2 Å². The molecule has 12 nitrogen and oxygen atoms in total. The van der Waals surface area contributed by atoms with Gasteiger partial charge in [0.05, 0.1) is 37.4 Å². The van der Waals surface area contributed by atoms with Crippen LogP contribution in [0.3, 0.4) is 0 Å². The van der Waals surface area contributed by atoms with Crippen LogP contribution in [0.2, 0.25) is 0 Å². The molecule has 3 aromatic carbocycles.